The molecule has 0 saturated heterocycles. The Balaban J connectivity index is 2.88. The Morgan fingerprint density at radius 3 is 2.50 bits per heavy atom. The number of aliphatic hydroxyl groups is 1. The first kappa shape index (κ1) is 15.0. The molecule has 0 aliphatic carbocycles. The van der Waals surface area contributed by atoms with Gasteiger partial charge in [0.2, 0.25) is 0 Å². The van der Waals surface area contributed by atoms with Gasteiger partial charge in [0.15, 0.2) is 0 Å². The van der Waals surface area contributed by atoms with Crippen LogP contribution in [0.1, 0.15) is 46.3 Å². The van der Waals surface area contributed by atoms with E-state index in [4.69, 9.17) is 9.47 Å². The summed E-state index contributed by atoms with van der Waals surface area (Å²) in [4.78, 5) is 0. The minimum atomic E-state index is -0.673. The van der Waals surface area contributed by atoms with E-state index in [1.165, 1.54) is 0 Å². The molecule has 0 aliphatic heterocycles. The van der Waals surface area contributed by atoms with Crippen molar-refractivity contribution in [1.29, 1.82) is 0 Å². The molecular formula is C15H24O3. The molecule has 3 nitrogen and oxygen atoms in total. The molecule has 3 heteroatoms. The van der Waals surface area contributed by atoms with Crippen molar-refractivity contribution in [3.05, 3.63) is 29.8 Å². The maximum atomic E-state index is 10.4. The zero-order valence-electron chi connectivity index (χ0n) is 11.9. The Labute approximate surface area is 110 Å². The van der Waals surface area contributed by atoms with Gasteiger partial charge < -0.3 is 14.6 Å². The molecule has 0 spiro atoms. The van der Waals surface area contributed by atoms with Gasteiger partial charge in [-0.25, -0.2) is 0 Å². The van der Waals surface area contributed by atoms with E-state index in [1.54, 1.807) is 0 Å². The Morgan fingerprint density at radius 2 is 1.94 bits per heavy atom. The molecular weight excluding hydrogens is 228 g/mol. The van der Waals surface area contributed by atoms with Crippen LogP contribution in [0.4, 0.5) is 0 Å². The number of hydrogen-bond donors (Lipinski definition) is 1. The first-order valence-corrected chi connectivity index (χ1v) is 6.45. The molecule has 0 bridgehead atoms. The maximum Gasteiger partial charge on any atom is 0.120 e. The van der Waals surface area contributed by atoms with Crippen LogP contribution in [0.25, 0.3) is 0 Å². The summed E-state index contributed by atoms with van der Waals surface area (Å²) in [5.41, 5.74) is 0.206. The van der Waals surface area contributed by atoms with Crippen LogP contribution in [0, 0.1) is 0 Å². The van der Waals surface area contributed by atoms with Gasteiger partial charge in [-0.15, -0.1) is 0 Å². The van der Waals surface area contributed by atoms with E-state index >= 15 is 0 Å². The molecule has 0 aromatic heterocycles. The van der Waals surface area contributed by atoms with Crippen LogP contribution < -0.4 is 4.74 Å². The van der Waals surface area contributed by atoms with E-state index < -0.39 is 11.7 Å². The largest absolute Gasteiger partial charge is 0.491 e. The summed E-state index contributed by atoms with van der Waals surface area (Å²) >= 11 is 0. The minimum Gasteiger partial charge on any atom is -0.491 e. The van der Waals surface area contributed by atoms with Gasteiger partial charge in [-0.2, -0.15) is 0 Å². The molecule has 0 aliphatic rings. The summed E-state index contributed by atoms with van der Waals surface area (Å²) in [6.07, 6.45) is -0.551. The monoisotopic (exact) mass is 252 g/mol. The molecule has 0 saturated carbocycles. The van der Waals surface area contributed by atoms with Crippen molar-refractivity contribution in [3.63, 3.8) is 0 Å². The van der Waals surface area contributed by atoms with Crippen molar-refractivity contribution in [2.24, 2.45) is 0 Å². The van der Waals surface area contributed by atoms with E-state index in [1.807, 2.05) is 58.9 Å². The fourth-order valence-corrected chi connectivity index (χ4v) is 1.88. The van der Waals surface area contributed by atoms with Crippen LogP contribution in [0.2, 0.25) is 0 Å². The molecule has 0 fully saturated rings. The van der Waals surface area contributed by atoms with Gasteiger partial charge in [-0.05, 0) is 52.3 Å². The molecule has 1 aromatic carbocycles. The number of ether oxygens (including phenoxy) is 2. The topological polar surface area (TPSA) is 38.7 Å². The highest BCUT2D eigenvalue weighted by molar-refractivity contribution is 5.31. The van der Waals surface area contributed by atoms with Crippen LogP contribution in [0.3, 0.4) is 0 Å². The molecule has 0 radical (unpaired) electrons. The van der Waals surface area contributed by atoms with Gasteiger partial charge in [-0.3, -0.25) is 0 Å². The van der Waals surface area contributed by atoms with E-state index in [0.717, 1.165) is 11.3 Å². The van der Waals surface area contributed by atoms with Gasteiger partial charge in [0, 0.05) is 6.61 Å². The molecule has 1 unspecified atom stereocenters. The van der Waals surface area contributed by atoms with Gasteiger partial charge >= 0.3 is 0 Å². The average molecular weight is 252 g/mol. The average Bonchev–Trinajstić information content (AvgIpc) is 2.27. The molecule has 0 heterocycles. The number of aliphatic hydroxyl groups excluding tert-OH is 1. The molecule has 1 aromatic rings. The fourth-order valence-electron chi connectivity index (χ4n) is 1.88. The summed E-state index contributed by atoms with van der Waals surface area (Å²) in [5, 5.41) is 10.4. The van der Waals surface area contributed by atoms with Crippen molar-refractivity contribution in [2.75, 3.05) is 6.61 Å². The Morgan fingerprint density at radius 1 is 1.28 bits per heavy atom. The quantitative estimate of drug-likeness (QED) is 0.844. The molecule has 18 heavy (non-hydrogen) atoms. The lowest BCUT2D eigenvalue weighted by molar-refractivity contribution is -0.0983. The maximum absolute atomic E-state index is 10.4. The third kappa shape index (κ3) is 4.00. The van der Waals surface area contributed by atoms with E-state index in [0.29, 0.717) is 6.61 Å². The summed E-state index contributed by atoms with van der Waals surface area (Å²) in [6, 6.07) is 7.53. The Hall–Kier alpha value is -1.06. The van der Waals surface area contributed by atoms with E-state index in [2.05, 4.69) is 0 Å². The van der Waals surface area contributed by atoms with Crippen LogP contribution in [-0.2, 0) is 4.74 Å². The lowest BCUT2D eigenvalue weighted by atomic mass is 9.94. The van der Waals surface area contributed by atoms with Gasteiger partial charge in [0.05, 0.1) is 11.7 Å². The fraction of sp³-hybridized carbons (Fsp3) is 0.600. The van der Waals surface area contributed by atoms with Crippen molar-refractivity contribution < 1.29 is 14.6 Å². The van der Waals surface area contributed by atoms with Crippen molar-refractivity contribution in [2.45, 2.75) is 52.4 Å². The Kier molecular flexibility index (Phi) is 5.17. The molecule has 1 atom stereocenters. The second-order valence-electron chi connectivity index (χ2n) is 5.18. The lowest BCUT2D eigenvalue weighted by Gasteiger charge is -2.30. The highest BCUT2D eigenvalue weighted by Gasteiger charge is 2.29. The molecule has 1 rings (SSSR count). The van der Waals surface area contributed by atoms with E-state index in [9.17, 15) is 5.11 Å². The van der Waals surface area contributed by atoms with Crippen LogP contribution >= 0.6 is 0 Å². The zero-order valence-corrected chi connectivity index (χ0v) is 11.9. The first-order chi connectivity index (χ1) is 8.36. The first-order valence-electron chi connectivity index (χ1n) is 6.45. The predicted octanol–water partition coefficient (Wildman–Crippen LogP) is 3.32. The van der Waals surface area contributed by atoms with Crippen molar-refractivity contribution in [3.8, 4) is 5.75 Å². The van der Waals surface area contributed by atoms with Crippen LogP contribution in [0.5, 0.6) is 5.75 Å². The van der Waals surface area contributed by atoms with Crippen LogP contribution in [0.15, 0.2) is 24.3 Å². The molecule has 1 N–H and O–H groups in total. The normalized spacial score (nSPS) is 13.7. The van der Waals surface area contributed by atoms with Crippen molar-refractivity contribution in [1.82, 2.24) is 0 Å². The summed E-state index contributed by atoms with van der Waals surface area (Å²) < 4.78 is 11.2. The van der Waals surface area contributed by atoms with Gasteiger partial charge in [-0.1, -0.05) is 12.1 Å². The predicted molar refractivity (Wildman–Crippen MR) is 72.9 cm³/mol. The second-order valence-corrected chi connectivity index (χ2v) is 5.18. The van der Waals surface area contributed by atoms with Crippen molar-refractivity contribution >= 4 is 0 Å². The van der Waals surface area contributed by atoms with E-state index in [-0.39, 0.29) is 6.10 Å². The summed E-state index contributed by atoms with van der Waals surface area (Å²) in [6.45, 7) is 10.2. The van der Waals surface area contributed by atoms with Crippen LogP contribution in [-0.4, -0.2) is 23.4 Å². The van der Waals surface area contributed by atoms with Gasteiger partial charge in [0.1, 0.15) is 11.9 Å². The number of rotatable bonds is 6. The Bertz CT molecular complexity index is 372. The standard InChI is InChI=1S/C15H24O3/c1-6-17-15(4,5)14(16)12-8-7-9-13(10-12)18-11(2)3/h7-11,14,16H,6H2,1-5H3. The number of benzene rings is 1. The number of hydrogen-bond acceptors (Lipinski definition) is 3. The smallest absolute Gasteiger partial charge is 0.120 e. The van der Waals surface area contributed by atoms with Gasteiger partial charge in [0.25, 0.3) is 0 Å². The summed E-state index contributed by atoms with van der Waals surface area (Å²) in [7, 11) is 0. The SMILES string of the molecule is CCOC(C)(C)C(O)c1cccc(OC(C)C)c1. The lowest BCUT2D eigenvalue weighted by Crippen LogP contribution is -2.32. The highest BCUT2D eigenvalue weighted by atomic mass is 16.5. The third-order valence-electron chi connectivity index (χ3n) is 2.72. The third-order valence-corrected chi connectivity index (χ3v) is 2.72. The molecule has 102 valence electrons. The summed E-state index contributed by atoms with van der Waals surface area (Å²) in [5.74, 6) is 0.772. The zero-order chi connectivity index (χ0) is 13.8. The second kappa shape index (κ2) is 6.21. The minimum absolute atomic E-state index is 0.122. The molecule has 0 amide bonds. The highest BCUT2D eigenvalue weighted by Crippen LogP contribution is 2.30.